The molecule has 1 aliphatic rings. The summed E-state index contributed by atoms with van der Waals surface area (Å²) in [6, 6.07) is 14.4. The summed E-state index contributed by atoms with van der Waals surface area (Å²) in [5.41, 5.74) is 1.03. The predicted molar refractivity (Wildman–Crippen MR) is 96.5 cm³/mol. The van der Waals surface area contributed by atoms with Crippen molar-refractivity contribution in [2.75, 3.05) is 11.4 Å². The molecule has 0 radical (unpaired) electrons. The van der Waals surface area contributed by atoms with Crippen molar-refractivity contribution in [3.8, 4) is 0 Å². The van der Waals surface area contributed by atoms with Gasteiger partial charge in [0.15, 0.2) is 11.2 Å². The minimum absolute atomic E-state index is 0.391. The standard InChI is InChI=1S/C18H15N5O2/c1-21-15-14(16(24)20-18(21)25)23-9-8-22(17(23)19-15)13-7-6-11-4-2-3-5-12(11)10-13/h2-7,10H,8-9H2,1H3,(H,20,24,25). The first-order valence-corrected chi connectivity index (χ1v) is 8.09. The zero-order valence-corrected chi connectivity index (χ0v) is 13.6. The molecule has 0 fully saturated rings. The van der Waals surface area contributed by atoms with Crippen LogP contribution in [0.3, 0.4) is 0 Å². The van der Waals surface area contributed by atoms with E-state index < -0.39 is 11.2 Å². The van der Waals surface area contributed by atoms with Gasteiger partial charge >= 0.3 is 5.69 Å². The number of aromatic amines is 1. The molecule has 2 aromatic carbocycles. The highest BCUT2D eigenvalue weighted by Gasteiger charge is 2.27. The Balaban J connectivity index is 1.73. The van der Waals surface area contributed by atoms with Crippen LogP contribution in [0, 0.1) is 0 Å². The molecule has 0 saturated carbocycles. The topological polar surface area (TPSA) is 75.9 Å². The van der Waals surface area contributed by atoms with Gasteiger partial charge in [0.25, 0.3) is 5.56 Å². The molecule has 0 spiro atoms. The maximum absolute atomic E-state index is 12.2. The average Bonchev–Trinajstić information content (AvgIpc) is 3.18. The largest absolute Gasteiger partial charge is 0.329 e. The van der Waals surface area contributed by atoms with E-state index in [1.807, 2.05) is 16.7 Å². The number of hydrogen-bond acceptors (Lipinski definition) is 4. The van der Waals surface area contributed by atoms with Crippen molar-refractivity contribution in [2.24, 2.45) is 7.05 Å². The van der Waals surface area contributed by atoms with Crippen LogP contribution >= 0.6 is 0 Å². The second kappa shape index (κ2) is 4.83. The molecular weight excluding hydrogens is 318 g/mol. The molecule has 0 aliphatic carbocycles. The number of hydrogen-bond donors (Lipinski definition) is 1. The molecular formula is C18H15N5O2. The van der Waals surface area contributed by atoms with Gasteiger partial charge in [0.1, 0.15) is 0 Å². The quantitative estimate of drug-likeness (QED) is 0.575. The lowest BCUT2D eigenvalue weighted by Crippen LogP contribution is -2.29. The van der Waals surface area contributed by atoms with E-state index in [4.69, 9.17) is 0 Å². The first-order valence-electron chi connectivity index (χ1n) is 8.09. The molecule has 0 unspecified atom stereocenters. The van der Waals surface area contributed by atoms with Gasteiger partial charge in [-0.15, -0.1) is 0 Å². The predicted octanol–water partition coefficient (Wildman–Crippen LogP) is 1.73. The fraction of sp³-hybridized carbons (Fsp3) is 0.167. The lowest BCUT2D eigenvalue weighted by Gasteiger charge is -2.16. The molecule has 7 nitrogen and oxygen atoms in total. The number of imidazole rings is 1. The van der Waals surface area contributed by atoms with Crippen molar-refractivity contribution in [1.82, 2.24) is 19.1 Å². The summed E-state index contributed by atoms with van der Waals surface area (Å²) in [6.07, 6.45) is 0. The highest BCUT2D eigenvalue weighted by Crippen LogP contribution is 2.33. The molecule has 7 heteroatoms. The number of benzene rings is 2. The van der Waals surface area contributed by atoms with Gasteiger partial charge in [-0.2, -0.15) is 4.98 Å². The van der Waals surface area contributed by atoms with E-state index in [-0.39, 0.29) is 0 Å². The summed E-state index contributed by atoms with van der Waals surface area (Å²) in [7, 11) is 1.61. The van der Waals surface area contributed by atoms with Crippen molar-refractivity contribution in [2.45, 2.75) is 6.54 Å². The van der Waals surface area contributed by atoms with Crippen molar-refractivity contribution in [3.05, 3.63) is 63.3 Å². The lowest BCUT2D eigenvalue weighted by atomic mass is 10.1. The van der Waals surface area contributed by atoms with Crippen LogP contribution in [-0.2, 0) is 13.6 Å². The Kier molecular flexibility index (Phi) is 2.71. The SMILES string of the molecule is Cn1c(=O)[nH]c(=O)c2c1nc1n2CCN1c1ccc2ccccc2c1. The maximum atomic E-state index is 12.2. The number of aromatic nitrogens is 4. The van der Waals surface area contributed by atoms with Crippen molar-refractivity contribution >= 4 is 33.6 Å². The van der Waals surface area contributed by atoms with Crippen molar-refractivity contribution in [3.63, 3.8) is 0 Å². The lowest BCUT2D eigenvalue weighted by molar-refractivity contribution is 0.798. The minimum Gasteiger partial charge on any atom is -0.310 e. The fourth-order valence-electron chi connectivity index (χ4n) is 3.53. The van der Waals surface area contributed by atoms with Crippen LogP contribution in [0.5, 0.6) is 0 Å². The van der Waals surface area contributed by atoms with Crippen LogP contribution < -0.4 is 16.1 Å². The molecule has 4 aromatic rings. The Morgan fingerprint density at radius 3 is 2.68 bits per heavy atom. The first kappa shape index (κ1) is 14.0. The van der Waals surface area contributed by atoms with Gasteiger partial charge in [0.2, 0.25) is 5.95 Å². The Hall–Kier alpha value is -3.35. The van der Waals surface area contributed by atoms with E-state index in [0.29, 0.717) is 23.7 Å². The number of nitrogens with zero attached hydrogens (tertiary/aromatic N) is 4. The van der Waals surface area contributed by atoms with Crippen LogP contribution in [0.15, 0.2) is 52.1 Å². The Morgan fingerprint density at radius 2 is 1.84 bits per heavy atom. The molecule has 1 N–H and O–H groups in total. The summed E-state index contributed by atoms with van der Waals surface area (Å²) in [5, 5.41) is 2.33. The van der Waals surface area contributed by atoms with E-state index in [0.717, 1.165) is 17.6 Å². The minimum atomic E-state index is -0.452. The zero-order chi connectivity index (χ0) is 17.1. The molecule has 0 atom stereocenters. The smallest absolute Gasteiger partial charge is 0.310 e. The number of rotatable bonds is 1. The molecule has 25 heavy (non-hydrogen) atoms. The fourth-order valence-corrected chi connectivity index (χ4v) is 3.53. The first-order chi connectivity index (χ1) is 12.1. The Morgan fingerprint density at radius 1 is 1.04 bits per heavy atom. The molecule has 0 bridgehead atoms. The maximum Gasteiger partial charge on any atom is 0.329 e. The van der Waals surface area contributed by atoms with Gasteiger partial charge in [-0.25, -0.2) is 4.79 Å². The monoisotopic (exact) mass is 333 g/mol. The van der Waals surface area contributed by atoms with Crippen LogP contribution in [0.4, 0.5) is 11.6 Å². The molecule has 3 heterocycles. The number of H-pyrrole nitrogens is 1. The van der Waals surface area contributed by atoms with E-state index in [2.05, 4.69) is 45.2 Å². The van der Waals surface area contributed by atoms with E-state index in [1.54, 1.807) is 7.05 Å². The summed E-state index contributed by atoms with van der Waals surface area (Å²) < 4.78 is 3.25. The summed E-state index contributed by atoms with van der Waals surface area (Å²) in [6.45, 7) is 1.39. The average molecular weight is 333 g/mol. The van der Waals surface area contributed by atoms with Gasteiger partial charge in [-0.1, -0.05) is 30.3 Å². The van der Waals surface area contributed by atoms with Crippen LogP contribution in [0.25, 0.3) is 21.9 Å². The van der Waals surface area contributed by atoms with Crippen LogP contribution in [-0.4, -0.2) is 25.6 Å². The Bertz CT molecular complexity index is 1260. The van der Waals surface area contributed by atoms with E-state index in [9.17, 15) is 9.59 Å². The third kappa shape index (κ3) is 1.89. The molecule has 5 rings (SSSR count). The summed E-state index contributed by atoms with van der Waals surface area (Å²) in [5.74, 6) is 0.692. The van der Waals surface area contributed by atoms with E-state index >= 15 is 0 Å². The van der Waals surface area contributed by atoms with Gasteiger partial charge in [-0.05, 0) is 22.9 Å². The van der Waals surface area contributed by atoms with Gasteiger partial charge in [0, 0.05) is 25.8 Å². The second-order valence-electron chi connectivity index (χ2n) is 6.24. The van der Waals surface area contributed by atoms with Crippen molar-refractivity contribution < 1.29 is 0 Å². The van der Waals surface area contributed by atoms with Gasteiger partial charge < -0.3 is 9.47 Å². The zero-order valence-electron chi connectivity index (χ0n) is 13.6. The van der Waals surface area contributed by atoms with Crippen molar-refractivity contribution in [1.29, 1.82) is 0 Å². The summed E-state index contributed by atoms with van der Waals surface area (Å²) in [4.78, 5) is 33.1. The molecule has 1 aliphatic heterocycles. The number of anilines is 2. The highest BCUT2D eigenvalue weighted by molar-refractivity contribution is 5.87. The highest BCUT2D eigenvalue weighted by atomic mass is 16.2. The normalized spacial score (nSPS) is 13.7. The van der Waals surface area contributed by atoms with Crippen LogP contribution in [0.1, 0.15) is 0 Å². The number of fused-ring (bicyclic) bond motifs is 4. The second-order valence-corrected chi connectivity index (χ2v) is 6.24. The molecule has 124 valence electrons. The third-order valence-corrected chi connectivity index (χ3v) is 4.82. The third-order valence-electron chi connectivity index (χ3n) is 4.82. The molecule has 0 amide bonds. The Labute approximate surface area is 141 Å². The number of nitrogens with one attached hydrogen (secondary N) is 1. The molecule has 0 saturated heterocycles. The summed E-state index contributed by atoms with van der Waals surface area (Å²) >= 11 is 0. The van der Waals surface area contributed by atoms with E-state index in [1.165, 1.54) is 9.95 Å². The van der Waals surface area contributed by atoms with Gasteiger partial charge in [0.05, 0.1) is 0 Å². The van der Waals surface area contributed by atoms with Crippen LogP contribution in [0.2, 0.25) is 0 Å². The number of aryl methyl sites for hydroxylation is 1. The van der Waals surface area contributed by atoms with Gasteiger partial charge in [-0.3, -0.25) is 14.3 Å². The molecule has 2 aromatic heterocycles.